The second kappa shape index (κ2) is 8.14. The monoisotopic (exact) mass is 468 g/mol. The summed E-state index contributed by atoms with van der Waals surface area (Å²) in [5, 5.41) is 1.44. The lowest BCUT2D eigenvalue weighted by atomic mass is 10.1. The second-order valence-corrected chi connectivity index (χ2v) is 9.11. The summed E-state index contributed by atoms with van der Waals surface area (Å²) in [6.45, 7) is -0.192. The van der Waals surface area contributed by atoms with E-state index in [1.165, 1.54) is 31.5 Å². The maximum atomic E-state index is 13.1. The first-order valence-electron chi connectivity index (χ1n) is 9.66. The number of carbonyl (C=O) groups is 1. The molecule has 1 heterocycles. The first kappa shape index (κ1) is 22.2. The zero-order chi connectivity index (χ0) is 23.1. The van der Waals surface area contributed by atoms with Gasteiger partial charge in [0, 0.05) is 23.2 Å². The normalized spacial score (nSPS) is 14.7. The summed E-state index contributed by atoms with van der Waals surface area (Å²) < 4.78 is 70.8. The van der Waals surface area contributed by atoms with Gasteiger partial charge in [-0.25, -0.2) is 17.2 Å². The third kappa shape index (κ3) is 4.17. The minimum Gasteiger partial charge on any atom is -0.496 e. The van der Waals surface area contributed by atoms with Crippen LogP contribution in [0.25, 0.3) is 10.9 Å². The molecule has 32 heavy (non-hydrogen) atoms. The van der Waals surface area contributed by atoms with E-state index in [9.17, 15) is 26.4 Å². The predicted molar refractivity (Wildman–Crippen MR) is 108 cm³/mol. The van der Waals surface area contributed by atoms with Gasteiger partial charge < -0.3 is 9.57 Å². The summed E-state index contributed by atoms with van der Waals surface area (Å²) in [6, 6.07) is 12.1. The van der Waals surface area contributed by atoms with Crippen molar-refractivity contribution in [2.45, 2.75) is 36.5 Å². The minimum absolute atomic E-state index is 0.0913. The number of aromatic nitrogens is 1. The molecule has 0 aliphatic heterocycles. The van der Waals surface area contributed by atoms with Gasteiger partial charge in [0.2, 0.25) is 0 Å². The Labute approximate surface area is 181 Å². The topological polar surface area (TPSA) is 77.8 Å². The summed E-state index contributed by atoms with van der Waals surface area (Å²) in [5.41, 5.74) is 0.733. The van der Waals surface area contributed by atoms with Gasteiger partial charge in [-0.2, -0.15) is 13.2 Å². The lowest BCUT2D eigenvalue weighted by Crippen LogP contribution is -2.36. The molecule has 1 aliphatic rings. The lowest BCUT2D eigenvalue weighted by Gasteiger charge is -2.23. The number of halogens is 3. The Kier molecular flexibility index (Phi) is 5.63. The molecule has 2 aromatic carbocycles. The van der Waals surface area contributed by atoms with E-state index in [0.717, 1.165) is 9.04 Å². The van der Waals surface area contributed by atoms with Crippen LogP contribution in [0.2, 0.25) is 0 Å². The van der Waals surface area contributed by atoms with Crippen molar-refractivity contribution in [1.82, 2.24) is 9.04 Å². The van der Waals surface area contributed by atoms with E-state index in [1.807, 2.05) is 0 Å². The van der Waals surface area contributed by atoms with Crippen LogP contribution in [0.3, 0.4) is 0 Å². The standard InChI is InChI=1S/C21H19F3N2O5S/c1-30-19-10-9-18-16(11-12-26(18)32(28,29)15-5-3-2-4-6-15)17(19)13-25(14-7-8-14)31-20(27)21(22,23)24/h2-6,9-12,14H,7-8,13H2,1H3. The molecule has 4 rings (SSSR count). The Balaban J connectivity index is 1.75. The van der Waals surface area contributed by atoms with Crippen LogP contribution in [0.15, 0.2) is 59.6 Å². The first-order valence-corrected chi connectivity index (χ1v) is 11.1. The van der Waals surface area contributed by atoms with Gasteiger partial charge in [0.1, 0.15) is 5.75 Å². The van der Waals surface area contributed by atoms with Crippen LogP contribution >= 0.6 is 0 Å². The van der Waals surface area contributed by atoms with Crippen molar-refractivity contribution in [2.24, 2.45) is 0 Å². The van der Waals surface area contributed by atoms with E-state index >= 15 is 0 Å². The zero-order valence-corrected chi connectivity index (χ0v) is 17.7. The highest BCUT2D eigenvalue weighted by Gasteiger charge is 2.45. The van der Waals surface area contributed by atoms with Crippen molar-refractivity contribution in [1.29, 1.82) is 0 Å². The number of fused-ring (bicyclic) bond motifs is 1. The van der Waals surface area contributed by atoms with Crippen molar-refractivity contribution in [3.63, 3.8) is 0 Å². The van der Waals surface area contributed by atoms with E-state index in [0.29, 0.717) is 35.1 Å². The van der Waals surface area contributed by atoms with Gasteiger partial charge in [0.05, 0.1) is 24.1 Å². The predicted octanol–water partition coefficient (Wildman–Crippen LogP) is 3.87. The number of hydroxylamine groups is 2. The Bertz CT molecular complexity index is 1250. The Morgan fingerprint density at radius 3 is 2.41 bits per heavy atom. The molecule has 11 heteroatoms. The Morgan fingerprint density at radius 1 is 1.12 bits per heavy atom. The molecule has 0 spiro atoms. The second-order valence-electron chi connectivity index (χ2n) is 7.29. The molecular weight excluding hydrogens is 449 g/mol. The van der Waals surface area contributed by atoms with Gasteiger partial charge in [-0.1, -0.05) is 18.2 Å². The van der Waals surface area contributed by atoms with Crippen molar-refractivity contribution < 1.29 is 36.0 Å². The van der Waals surface area contributed by atoms with Gasteiger partial charge in [-0.3, -0.25) is 0 Å². The molecule has 1 aromatic heterocycles. The number of nitrogens with zero attached hydrogens (tertiary/aromatic N) is 2. The average molecular weight is 468 g/mol. The molecule has 1 saturated carbocycles. The number of ether oxygens (including phenoxy) is 1. The fraction of sp³-hybridized carbons (Fsp3) is 0.286. The number of hydrogen-bond donors (Lipinski definition) is 0. The van der Waals surface area contributed by atoms with Crippen molar-refractivity contribution in [3.8, 4) is 5.75 Å². The largest absolute Gasteiger partial charge is 0.496 e. The van der Waals surface area contributed by atoms with E-state index in [4.69, 9.17) is 4.74 Å². The lowest BCUT2D eigenvalue weighted by molar-refractivity contribution is -0.243. The van der Waals surface area contributed by atoms with Crippen LogP contribution in [0.1, 0.15) is 18.4 Å². The fourth-order valence-corrected chi connectivity index (χ4v) is 4.78. The molecule has 0 bridgehead atoms. The summed E-state index contributed by atoms with van der Waals surface area (Å²) in [7, 11) is -2.51. The molecule has 1 aliphatic carbocycles. The first-order chi connectivity index (χ1) is 15.1. The molecule has 0 atom stereocenters. The maximum absolute atomic E-state index is 13.1. The van der Waals surface area contributed by atoms with E-state index in [1.54, 1.807) is 30.3 Å². The number of hydrogen-bond acceptors (Lipinski definition) is 6. The average Bonchev–Trinajstić information content (AvgIpc) is 3.51. The smallest absolute Gasteiger partial charge is 0.492 e. The molecule has 0 amide bonds. The van der Waals surface area contributed by atoms with Gasteiger partial charge in [-0.15, -0.1) is 5.06 Å². The molecule has 1 fully saturated rings. The summed E-state index contributed by atoms with van der Waals surface area (Å²) in [4.78, 5) is 16.1. The molecule has 0 saturated heterocycles. The number of rotatable bonds is 7. The Hall–Kier alpha value is -3.05. The maximum Gasteiger partial charge on any atom is 0.492 e. The summed E-state index contributed by atoms with van der Waals surface area (Å²) in [6.07, 6.45) is -2.60. The van der Waals surface area contributed by atoms with Gasteiger partial charge in [-0.05, 0) is 43.2 Å². The molecule has 170 valence electrons. The molecule has 3 aromatic rings. The van der Waals surface area contributed by atoms with Crippen LogP contribution < -0.4 is 4.74 Å². The van der Waals surface area contributed by atoms with E-state index in [-0.39, 0.29) is 17.5 Å². The third-order valence-corrected chi connectivity index (χ3v) is 6.83. The van der Waals surface area contributed by atoms with Crippen LogP contribution in [0, 0.1) is 0 Å². The molecule has 0 N–H and O–H groups in total. The van der Waals surface area contributed by atoms with Crippen LogP contribution in [-0.4, -0.2) is 42.8 Å². The van der Waals surface area contributed by atoms with E-state index in [2.05, 4.69) is 4.84 Å². The highest BCUT2D eigenvalue weighted by molar-refractivity contribution is 7.90. The number of methoxy groups -OCH3 is 1. The van der Waals surface area contributed by atoms with E-state index < -0.39 is 22.2 Å². The van der Waals surface area contributed by atoms with Gasteiger partial charge >= 0.3 is 12.1 Å². The van der Waals surface area contributed by atoms with Crippen LogP contribution in [0.5, 0.6) is 5.75 Å². The number of carbonyl (C=O) groups excluding carboxylic acids is 1. The highest BCUT2D eigenvalue weighted by atomic mass is 32.2. The zero-order valence-electron chi connectivity index (χ0n) is 16.9. The molecular formula is C21H19F3N2O5S. The van der Waals surface area contributed by atoms with Gasteiger partial charge in [0.15, 0.2) is 0 Å². The van der Waals surface area contributed by atoms with Crippen molar-refractivity contribution >= 4 is 26.9 Å². The number of alkyl halides is 3. The van der Waals surface area contributed by atoms with Crippen LogP contribution in [-0.2, 0) is 26.2 Å². The molecule has 0 unspecified atom stereocenters. The van der Waals surface area contributed by atoms with Crippen molar-refractivity contribution in [2.75, 3.05) is 7.11 Å². The van der Waals surface area contributed by atoms with Crippen molar-refractivity contribution in [3.05, 3.63) is 60.3 Å². The highest BCUT2D eigenvalue weighted by Crippen LogP contribution is 2.36. The quantitative estimate of drug-likeness (QED) is 0.490. The fourth-order valence-electron chi connectivity index (χ4n) is 3.42. The molecule has 0 radical (unpaired) electrons. The summed E-state index contributed by atoms with van der Waals surface area (Å²) >= 11 is 0. The van der Waals surface area contributed by atoms with Crippen LogP contribution in [0.4, 0.5) is 13.2 Å². The summed E-state index contributed by atoms with van der Waals surface area (Å²) in [5.74, 6) is -1.97. The third-order valence-electron chi connectivity index (χ3n) is 5.12. The Morgan fingerprint density at radius 2 is 1.81 bits per heavy atom. The minimum atomic E-state index is -5.13. The van der Waals surface area contributed by atoms with Gasteiger partial charge in [0.25, 0.3) is 10.0 Å². The number of benzene rings is 2. The SMILES string of the molecule is COc1ccc2c(ccn2S(=O)(=O)c2ccccc2)c1CN(OC(=O)C(F)(F)F)C1CC1. The molecule has 7 nitrogen and oxygen atoms in total.